The summed E-state index contributed by atoms with van der Waals surface area (Å²) >= 11 is 1.51. The lowest BCUT2D eigenvalue weighted by Crippen LogP contribution is -2.11. The summed E-state index contributed by atoms with van der Waals surface area (Å²) in [7, 11) is 0. The second-order valence-electron chi connectivity index (χ2n) is 5.04. The van der Waals surface area contributed by atoms with Crippen molar-refractivity contribution in [2.75, 3.05) is 5.32 Å². The highest BCUT2D eigenvalue weighted by molar-refractivity contribution is 7.13. The molecule has 1 amide bonds. The third-order valence-electron chi connectivity index (χ3n) is 3.35. The molecule has 0 aliphatic carbocycles. The number of thiophene rings is 1. The number of rotatable bonds is 4. The van der Waals surface area contributed by atoms with Crippen LogP contribution in [-0.4, -0.2) is 16.0 Å². The normalized spacial score (nSPS) is 10.8. The predicted molar refractivity (Wildman–Crippen MR) is 89.7 cm³/mol. The number of amides is 1. The van der Waals surface area contributed by atoms with Crippen LogP contribution in [0.1, 0.15) is 10.7 Å². The quantitative estimate of drug-likeness (QED) is 0.585. The standard InChI is InChI=1S/C17H10FN3O3S/c18-11-5-3-10(4-6-11)13-9-19-17(23-13)16(22)20-15-8-12(21-24-15)14-2-1-7-25-14/h1-9H,(H,20,22). The molecule has 6 nitrogen and oxygen atoms in total. The van der Waals surface area contributed by atoms with Crippen molar-refractivity contribution < 1.29 is 18.1 Å². The van der Waals surface area contributed by atoms with Gasteiger partial charge < -0.3 is 8.94 Å². The van der Waals surface area contributed by atoms with E-state index in [1.165, 1.54) is 29.7 Å². The van der Waals surface area contributed by atoms with Gasteiger partial charge in [0.2, 0.25) is 5.88 Å². The van der Waals surface area contributed by atoms with Crippen LogP contribution in [0.3, 0.4) is 0 Å². The Balaban J connectivity index is 1.49. The van der Waals surface area contributed by atoms with Gasteiger partial charge in [0.25, 0.3) is 5.89 Å². The van der Waals surface area contributed by atoms with Crippen LogP contribution in [0, 0.1) is 5.82 Å². The molecule has 0 atom stereocenters. The summed E-state index contributed by atoms with van der Waals surface area (Å²) < 4.78 is 23.5. The van der Waals surface area contributed by atoms with Crippen LogP contribution < -0.4 is 5.32 Å². The molecule has 25 heavy (non-hydrogen) atoms. The van der Waals surface area contributed by atoms with Crippen LogP contribution >= 0.6 is 11.3 Å². The number of hydrogen-bond donors (Lipinski definition) is 1. The number of hydrogen-bond acceptors (Lipinski definition) is 6. The van der Waals surface area contributed by atoms with E-state index in [1.54, 1.807) is 18.2 Å². The van der Waals surface area contributed by atoms with Crippen molar-refractivity contribution in [1.29, 1.82) is 0 Å². The van der Waals surface area contributed by atoms with Crippen molar-refractivity contribution in [3.63, 3.8) is 0 Å². The molecule has 1 aromatic carbocycles. The van der Waals surface area contributed by atoms with Crippen molar-refractivity contribution >= 4 is 23.1 Å². The Bertz CT molecular complexity index is 1010. The molecule has 0 saturated heterocycles. The summed E-state index contributed by atoms with van der Waals surface area (Å²) in [6, 6.07) is 11.1. The molecule has 0 saturated carbocycles. The number of carbonyl (C=O) groups is 1. The minimum Gasteiger partial charge on any atom is -0.432 e. The minimum absolute atomic E-state index is 0.131. The van der Waals surface area contributed by atoms with Gasteiger partial charge in [-0.25, -0.2) is 9.37 Å². The average Bonchev–Trinajstić information content (AvgIpc) is 3.36. The number of anilines is 1. The molecule has 4 rings (SSSR count). The van der Waals surface area contributed by atoms with E-state index in [9.17, 15) is 9.18 Å². The number of halogens is 1. The lowest BCUT2D eigenvalue weighted by atomic mass is 10.2. The largest absolute Gasteiger partial charge is 0.432 e. The van der Waals surface area contributed by atoms with Gasteiger partial charge in [-0.2, -0.15) is 0 Å². The fraction of sp³-hybridized carbons (Fsp3) is 0. The first kappa shape index (κ1) is 15.3. The molecule has 0 aliphatic rings. The maximum atomic E-state index is 13.0. The van der Waals surface area contributed by atoms with Crippen molar-refractivity contribution in [3.05, 3.63) is 65.7 Å². The summed E-state index contributed by atoms with van der Waals surface area (Å²) in [5.41, 5.74) is 1.25. The Morgan fingerprint density at radius 1 is 1.20 bits per heavy atom. The average molecular weight is 355 g/mol. The van der Waals surface area contributed by atoms with E-state index in [0.29, 0.717) is 17.0 Å². The summed E-state index contributed by atoms with van der Waals surface area (Å²) in [5.74, 6) is -0.499. The molecule has 8 heteroatoms. The van der Waals surface area contributed by atoms with Gasteiger partial charge in [0.15, 0.2) is 5.76 Å². The van der Waals surface area contributed by atoms with E-state index < -0.39 is 5.91 Å². The Morgan fingerprint density at radius 3 is 2.80 bits per heavy atom. The van der Waals surface area contributed by atoms with Crippen LogP contribution in [-0.2, 0) is 0 Å². The number of nitrogens with zero attached hydrogens (tertiary/aromatic N) is 2. The zero-order valence-corrected chi connectivity index (χ0v) is 13.4. The van der Waals surface area contributed by atoms with Crippen LogP contribution in [0.4, 0.5) is 10.3 Å². The van der Waals surface area contributed by atoms with E-state index in [1.807, 2.05) is 17.5 Å². The first-order chi connectivity index (χ1) is 12.2. The van der Waals surface area contributed by atoms with Gasteiger partial charge in [-0.15, -0.1) is 11.3 Å². The molecule has 0 unspecified atom stereocenters. The van der Waals surface area contributed by atoms with Crippen LogP contribution in [0.2, 0.25) is 0 Å². The molecule has 4 aromatic rings. The summed E-state index contributed by atoms with van der Waals surface area (Å²) in [5, 5.41) is 8.36. The molecule has 0 spiro atoms. The summed E-state index contributed by atoms with van der Waals surface area (Å²) in [4.78, 5) is 17.1. The Kier molecular flexibility index (Phi) is 3.87. The van der Waals surface area contributed by atoms with E-state index >= 15 is 0 Å². The molecule has 1 N–H and O–H groups in total. The van der Waals surface area contributed by atoms with Crippen LogP contribution in [0.25, 0.3) is 21.9 Å². The van der Waals surface area contributed by atoms with Crippen molar-refractivity contribution in [1.82, 2.24) is 10.1 Å². The molecular weight excluding hydrogens is 345 g/mol. The highest BCUT2D eigenvalue weighted by Crippen LogP contribution is 2.26. The number of nitrogens with one attached hydrogen (secondary N) is 1. The summed E-state index contributed by atoms with van der Waals surface area (Å²) in [6.45, 7) is 0. The number of oxazole rings is 1. The molecular formula is C17H10FN3O3S. The highest BCUT2D eigenvalue weighted by atomic mass is 32.1. The van der Waals surface area contributed by atoms with Gasteiger partial charge in [0.05, 0.1) is 11.1 Å². The van der Waals surface area contributed by atoms with Gasteiger partial charge in [0, 0.05) is 11.6 Å². The first-order valence-corrected chi connectivity index (χ1v) is 8.11. The number of aromatic nitrogens is 2. The lowest BCUT2D eigenvalue weighted by molar-refractivity contribution is 0.0988. The highest BCUT2D eigenvalue weighted by Gasteiger charge is 2.17. The topological polar surface area (TPSA) is 81.2 Å². The molecule has 0 radical (unpaired) electrons. The molecule has 0 aliphatic heterocycles. The van der Waals surface area contributed by atoms with Gasteiger partial charge in [-0.05, 0) is 35.7 Å². The Hall–Kier alpha value is -3.26. The SMILES string of the molecule is O=C(Nc1cc(-c2cccs2)no1)c1ncc(-c2ccc(F)cc2)o1. The van der Waals surface area contributed by atoms with Gasteiger partial charge in [-0.3, -0.25) is 10.1 Å². The number of benzene rings is 1. The van der Waals surface area contributed by atoms with E-state index in [4.69, 9.17) is 8.94 Å². The second-order valence-corrected chi connectivity index (χ2v) is 5.99. The second kappa shape index (κ2) is 6.33. The Labute approximate surface area is 144 Å². The van der Waals surface area contributed by atoms with Gasteiger partial charge >= 0.3 is 5.91 Å². The van der Waals surface area contributed by atoms with Crippen molar-refractivity contribution in [3.8, 4) is 21.9 Å². The molecule has 124 valence electrons. The van der Waals surface area contributed by atoms with Crippen LogP contribution in [0.5, 0.6) is 0 Å². The van der Waals surface area contributed by atoms with E-state index in [0.717, 1.165) is 4.88 Å². The van der Waals surface area contributed by atoms with E-state index in [2.05, 4.69) is 15.5 Å². The number of carbonyl (C=O) groups excluding carboxylic acids is 1. The monoisotopic (exact) mass is 355 g/mol. The zero-order valence-electron chi connectivity index (χ0n) is 12.6. The van der Waals surface area contributed by atoms with E-state index in [-0.39, 0.29) is 17.6 Å². The summed E-state index contributed by atoms with van der Waals surface area (Å²) in [6.07, 6.45) is 1.40. The molecule has 3 heterocycles. The predicted octanol–water partition coefficient (Wildman–Crippen LogP) is 4.45. The Morgan fingerprint density at radius 2 is 2.04 bits per heavy atom. The maximum absolute atomic E-state index is 13.0. The minimum atomic E-state index is -0.567. The fourth-order valence-corrected chi connectivity index (χ4v) is 2.84. The van der Waals surface area contributed by atoms with Crippen molar-refractivity contribution in [2.45, 2.75) is 0 Å². The third-order valence-corrected chi connectivity index (χ3v) is 4.24. The zero-order chi connectivity index (χ0) is 17.2. The van der Waals surface area contributed by atoms with Crippen LogP contribution in [0.15, 0.2) is 63.0 Å². The maximum Gasteiger partial charge on any atom is 0.313 e. The van der Waals surface area contributed by atoms with Gasteiger partial charge in [-0.1, -0.05) is 11.2 Å². The van der Waals surface area contributed by atoms with Crippen molar-refractivity contribution in [2.24, 2.45) is 0 Å². The molecule has 0 fully saturated rings. The first-order valence-electron chi connectivity index (χ1n) is 7.23. The molecule has 3 aromatic heterocycles. The fourth-order valence-electron chi connectivity index (χ4n) is 2.17. The molecule has 0 bridgehead atoms. The lowest BCUT2D eigenvalue weighted by Gasteiger charge is -1.97. The smallest absolute Gasteiger partial charge is 0.313 e. The third kappa shape index (κ3) is 3.20. The van der Waals surface area contributed by atoms with Gasteiger partial charge in [0.1, 0.15) is 11.5 Å².